The molecular formula is C13H24N2O. The van der Waals surface area contributed by atoms with E-state index in [4.69, 9.17) is 4.74 Å². The normalized spacial score (nSPS) is 24.9. The summed E-state index contributed by atoms with van der Waals surface area (Å²) >= 11 is 0. The zero-order valence-corrected chi connectivity index (χ0v) is 10.4. The van der Waals surface area contributed by atoms with Gasteiger partial charge in [0, 0.05) is 38.2 Å². The van der Waals surface area contributed by atoms with Gasteiger partial charge in [-0.3, -0.25) is 4.90 Å². The summed E-state index contributed by atoms with van der Waals surface area (Å²) in [6, 6.07) is 0. The standard InChI is InChI=1S/C13H24N2O/c1-4-7-15(8-5-2)11-13(10-14-3)6-9-16-12-13/h4-5,14H,1-2,6-12H2,3H3. The molecule has 3 nitrogen and oxygen atoms in total. The van der Waals surface area contributed by atoms with E-state index in [1.54, 1.807) is 0 Å². The SMILES string of the molecule is C=CCN(CC=C)CC1(CNC)CCOC1. The van der Waals surface area contributed by atoms with Crippen LogP contribution >= 0.6 is 0 Å². The molecule has 1 fully saturated rings. The molecule has 0 radical (unpaired) electrons. The number of hydrogen-bond acceptors (Lipinski definition) is 3. The van der Waals surface area contributed by atoms with E-state index in [-0.39, 0.29) is 5.41 Å². The molecule has 3 heteroatoms. The summed E-state index contributed by atoms with van der Waals surface area (Å²) in [6.45, 7) is 13.2. The van der Waals surface area contributed by atoms with Gasteiger partial charge < -0.3 is 10.1 Å². The minimum absolute atomic E-state index is 0.265. The highest BCUT2D eigenvalue weighted by atomic mass is 16.5. The highest BCUT2D eigenvalue weighted by Gasteiger charge is 2.35. The molecule has 1 N–H and O–H groups in total. The van der Waals surface area contributed by atoms with Crippen molar-refractivity contribution in [3.63, 3.8) is 0 Å². The van der Waals surface area contributed by atoms with Gasteiger partial charge in [0.05, 0.1) is 6.61 Å². The molecule has 16 heavy (non-hydrogen) atoms. The molecule has 0 aromatic rings. The van der Waals surface area contributed by atoms with Gasteiger partial charge in [-0.15, -0.1) is 13.2 Å². The van der Waals surface area contributed by atoms with E-state index in [9.17, 15) is 0 Å². The molecule has 0 amide bonds. The van der Waals surface area contributed by atoms with Gasteiger partial charge in [0.25, 0.3) is 0 Å². The molecule has 0 aromatic heterocycles. The van der Waals surface area contributed by atoms with Crippen molar-refractivity contribution in [3.8, 4) is 0 Å². The van der Waals surface area contributed by atoms with Crippen molar-refractivity contribution in [2.45, 2.75) is 6.42 Å². The second-order valence-electron chi connectivity index (χ2n) is 4.60. The largest absolute Gasteiger partial charge is 0.381 e. The average molecular weight is 224 g/mol. The Hall–Kier alpha value is -0.640. The fourth-order valence-corrected chi connectivity index (χ4v) is 2.39. The second-order valence-corrected chi connectivity index (χ2v) is 4.60. The van der Waals surface area contributed by atoms with Crippen molar-refractivity contribution in [1.29, 1.82) is 0 Å². The number of rotatable bonds is 8. The molecule has 0 spiro atoms. The Morgan fingerprint density at radius 3 is 2.50 bits per heavy atom. The van der Waals surface area contributed by atoms with Crippen molar-refractivity contribution < 1.29 is 4.74 Å². The van der Waals surface area contributed by atoms with Crippen LogP contribution in [0.1, 0.15) is 6.42 Å². The van der Waals surface area contributed by atoms with E-state index in [0.717, 1.165) is 45.8 Å². The monoisotopic (exact) mass is 224 g/mol. The third-order valence-electron chi connectivity index (χ3n) is 3.07. The molecule has 92 valence electrons. The Morgan fingerprint density at radius 2 is 2.06 bits per heavy atom. The van der Waals surface area contributed by atoms with Gasteiger partial charge in [-0.05, 0) is 13.5 Å². The molecule has 1 atom stereocenters. The lowest BCUT2D eigenvalue weighted by atomic mass is 9.86. The summed E-state index contributed by atoms with van der Waals surface area (Å²) in [5.41, 5.74) is 0.265. The van der Waals surface area contributed by atoms with Crippen molar-refractivity contribution >= 4 is 0 Å². The van der Waals surface area contributed by atoms with E-state index in [1.165, 1.54) is 0 Å². The van der Waals surface area contributed by atoms with Crippen LogP contribution in [0.2, 0.25) is 0 Å². The van der Waals surface area contributed by atoms with Crippen LogP contribution in [-0.2, 0) is 4.74 Å². The van der Waals surface area contributed by atoms with Gasteiger partial charge >= 0.3 is 0 Å². The highest BCUT2D eigenvalue weighted by Crippen LogP contribution is 2.28. The van der Waals surface area contributed by atoms with E-state index >= 15 is 0 Å². The maximum atomic E-state index is 5.55. The molecular weight excluding hydrogens is 200 g/mol. The van der Waals surface area contributed by atoms with Crippen LogP contribution < -0.4 is 5.32 Å². The number of ether oxygens (including phenoxy) is 1. The molecule has 1 unspecified atom stereocenters. The summed E-state index contributed by atoms with van der Waals surface area (Å²) < 4.78 is 5.55. The first-order valence-corrected chi connectivity index (χ1v) is 5.93. The van der Waals surface area contributed by atoms with Crippen LogP contribution in [-0.4, -0.2) is 51.3 Å². The molecule has 0 saturated carbocycles. The van der Waals surface area contributed by atoms with Gasteiger partial charge in [0.2, 0.25) is 0 Å². The Balaban J connectivity index is 2.56. The Labute approximate surface area is 99.2 Å². The maximum Gasteiger partial charge on any atom is 0.0547 e. The van der Waals surface area contributed by atoms with Crippen LogP contribution in [0, 0.1) is 5.41 Å². The Morgan fingerprint density at radius 1 is 1.38 bits per heavy atom. The minimum Gasteiger partial charge on any atom is -0.381 e. The van der Waals surface area contributed by atoms with Gasteiger partial charge in [-0.2, -0.15) is 0 Å². The van der Waals surface area contributed by atoms with E-state index < -0.39 is 0 Å². The molecule has 1 rings (SSSR count). The number of hydrogen-bond donors (Lipinski definition) is 1. The first-order valence-electron chi connectivity index (χ1n) is 5.93. The van der Waals surface area contributed by atoms with Crippen LogP contribution in [0.4, 0.5) is 0 Å². The predicted molar refractivity (Wildman–Crippen MR) is 68.6 cm³/mol. The lowest BCUT2D eigenvalue weighted by Gasteiger charge is -2.33. The quantitative estimate of drug-likeness (QED) is 0.629. The third-order valence-corrected chi connectivity index (χ3v) is 3.07. The molecule has 1 aliphatic rings. The van der Waals surface area contributed by atoms with Crippen LogP contribution in [0.5, 0.6) is 0 Å². The van der Waals surface area contributed by atoms with Crippen LogP contribution in [0.3, 0.4) is 0 Å². The first-order chi connectivity index (χ1) is 7.76. The van der Waals surface area contributed by atoms with Gasteiger partial charge in [-0.25, -0.2) is 0 Å². The lowest BCUT2D eigenvalue weighted by Crippen LogP contribution is -2.44. The fourth-order valence-electron chi connectivity index (χ4n) is 2.39. The Kier molecular flexibility index (Phi) is 5.74. The van der Waals surface area contributed by atoms with Crippen molar-refractivity contribution in [2.75, 3.05) is 46.4 Å². The number of nitrogens with one attached hydrogen (secondary N) is 1. The van der Waals surface area contributed by atoms with Crippen molar-refractivity contribution in [1.82, 2.24) is 10.2 Å². The second kappa shape index (κ2) is 6.84. The van der Waals surface area contributed by atoms with Crippen LogP contribution in [0.15, 0.2) is 25.3 Å². The van der Waals surface area contributed by atoms with Crippen LogP contribution in [0.25, 0.3) is 0 Å². The summed E-state index contributed by atoms with van der Waals surface area (Å²) in [4.78, 5) is 2.37. The topological polar surface area (TPSA) is 24.5 Å². The summed E-state index contributed by atoms with van der Waals surface area (Å²) in [7, 11) is 2.01. The van der Waals surface area contributed by atoms with Crippen molar-refractivity contribution in [3.05, 3.63) is 25.3 Å². The average Bonchev–Trinajstić information content (AvgIpc) is 2.68. The maximum absolute atomic E-state index is 5.55. The van der Waals surface area contributed by atoms with E-state index in [2.05, 4.69) is 23.4 Å². The van der Waals surface area contributed by atoms with Gasteiger partial charge in [-0.1, -0.05) is 12.2 Å². The lowest BCUT2D eigenvalue weighted by molar-refractivity contribution is 0.119. The zero-order valence-electron chi connectivity index (χ0n) is 10.4. The van der Waals surface area contributed by atoms with Gasteiger partial charge in [0.1, 0.15) is 0 Å². The smallest absolute Gasteiger partial charge is 0.0547 e. The number of nitrogens with zero attached hydrogens (tertiary/aromatic N) is 1. The molecule has 1 heterocycles. The minimum atomic E-state index is 0.265. The zero-order chi connectivity index (χ0) is 11.9. The third kappa shape index (κ3) is 3.74. The highest BCUT2D eigenvalue weighted by molar-refractivity contribution is 4.91. The predicted octanol–water partition coefficient (Wildman–Crippen LogP) is 1.29. The molecule has 1 aliphatic heterocycles. The molecule has 1 saturated heterocycles. The van der Waals surface area contributed by atoms with E-state index in [0.29, 0.717) is 0 Å². The summed E-state index contributed by atoms with van der Waals surface area (Å²) in [5, 5.41) is 3.28. The fraction of sp³-hybridized carbons (Fsp3) is 0.692. The van der Waals surface area contributed by atoms with E-state index in [1.807, 2.05) is 19.2 Å². The van der Waals surface area contributed by atoms with Crippen molar-refractivity contribution in [2.24, 2.45) is 5.41 Å². The summed E-state index contributed by atoms with van der Waals surface area (Å²) in [6.07, 6.45) is 5.04. The Bertz CT molecular complexity index is 212. The van der Waals surface area contributed by atoms with Gasteiger partial charge in [0.15, 0.2) is 0 Å². The molecule has 0 aliphatic carbocycles. The first kappa shape index (κ1) is 13.4. The summed E-state index contributed by atoms with van der Waals surface area (Å²) in [5.74, 6) is 0. The molecule has 0 bridgehead atoms. The molecule has 0 aromatic carbocycles.